The predicted octanol–water partition coefficient (Wildman–Crippen LogP) is 5.34. The Bertz CT molecular complexity index is 1400. The Hall–Kier alpha value is -3.98. The maximum absolute atomic E-state index is 14.1. The summed E-state index contributed by atoms with van der Waals surface area (Å²) < 4.78 is 29.9. The third kappa shape index (κ3) is 5.72. The van der Waals surface area contributed by atoms with Crippen LogP contribution in [0.15, 0.2) is 66.7 Å². The fourth-order valence-corrected chi connectivity index (χ4v) is 4.86. The van der Waals surface area contributed by atoms with Crippen LogP contribution < -0.4 is 14.4 Å². The quantitative estimate of drug-likeness (QED) is 0.329. The highest BCUT2D eigenvalue weighted by Gasteiger charge is 2.24. The van der Waals surface area contributed by atoms with E-state index in [1.165, 1.54) is 17.6 Å². The van der Waals surface area contributed by atoms with E-state index in [0.717, 1.165) is 16.9 Å². The smallest absolute Gasteiger partial charge is 0.298 e. The molecule has 0 atom stereocenters. The van der Waals surface area contributed by atoms with Gasteiger partial charge in [-0.1, -0.05) is 30.3 Å². The van der Waals surface area contributed by atoms with Crippen molar-refractivity contribution in [2.24, 2.45) is 0 Å². The predicted molar refractivity (Wildman–Crippen MR) is 141 cm³/mol. The van der Waals surface area contributed by atoms with Gasteiger partial charge in [-0.15, -0.1) is 0 Å². The third-order valence-corrected chi connectivity index (χ3v) is 6.97. The number of aryl methyl sites for hydroxylation is 1. The molecule has 0 aliphatic carbocycles. The number of carbonyl (C=O) groups is 1. The average molecular weight is 519 g/mol. The number of halogens is 1. The summed E-state index contributed by atoms with van der Waals surface area (Å²) in [5.74, 6) is 1.70. The Morgan fingerprint density at radius 2 is 1.84 bits per heavy atom. The lowest BCUT2D eigenvalue weighted by Crippen LogP contribution is -2.49. The fraction of sp³-hybridized carbons (Fsp3) is 0.250. The zero-order valence-corrected chi connectivity index (χ0v) is 21.5. The number of amides is 1. The Kier molecular flexibility index (Phi) is 7.32. The van der Waals surface area contributed by atoms with Crippen LogP contribution in [-0.4, -0.2) is 53.5 Å². The molecule has 0 saturated carbocycles. The van der Waals surface area contributed by atoms with Crippen LogP contribution in [0.1, 0.15) is 27.3 Å². The molecule has 0 spiro atoms. The van der Waals surface area contributed by atoms with Gasteiger partial charge in [0.25, 0.3) is 11.1 Å². The zero-order valence-electron chi connectivity index (χ0n) is 20.7. The van der Waals surface area contributed by atoms with Gasteiger partial charge in [-0.2, -0.15) is 9.36 Å². The minimum absolute atomic E-state index is 0.0750. The highest BCUT2D eigenvalue weighted by atomic mass is 32.1. The summed E-state index contributed by atoms with van der Waals surface area (Å²) >= 11 is 1.18. The number of methoxy groups -OCH3 is 1. The van der Waals surface area contributed by atoms with E-state index in [4.69, 9.17) is 9.47 Å². The van der Waals surface area contributed by atoms with Crippen LogP contribution in [0.4, 0.5) is 10.1 Å². The molecule has 1 aromatic heterocycles. The first-order valence-corrected chi connectivity index (χ1v) is 12.8. The first-order chi connectivity index (χ1) is 18.0. The molecule has 0 bridgehead atoms. The van der Waals surface area contributed by atoms with Gasteiger partial charge in [0, 0.05) is 49.7 Å². The van der Waals surface area contributed by atoms with E-state index in [0.29, 0.717) is 60.6 Å². The van der Waals surface area contributed by atoms with E-state index in [1.54, 1.807) is 30.2 Å². The Morgan fingerprint density at radius 3 is 2.62 bits per heavy atom. The van der Waals surface area contributed by atoms with Gasteiger partial charge in [0.05, 0.1) is 12.8 Å². The van der Waals surface area contributed by atoms with Crippen LogP contribution in [0.2, 0.25) is 0 Å². The number of aromatic nitrogens is 2. The van der Waals surface area contributed by atoms with E-state index in [1.807, 2.05) is 54.3 Å². The molecule has 1 aliphatic heterocycles. The molecule has 2 heterocycles. The van der Waals surface area contributed by atoms with Crippen molar-refractivity contribution < 1.29 is 18.7 Å². The average Bonchev–Trinajstić information content (AvgIpc) is 3.36. The summed E-state index contributed by atoms with van der Waals surface area (Å²) in [4.78, 5) is 21.5. The van der Waals surface area contributed by atoms with E-state index >= 15 is 0 Å². The molecule has 3 aromatic carbocycles. The summed E-state index contributed by atoms with van der Waals surface area (Å²) in [6.45, 7) is 4.10. The third-order valence-electron chi connectivity index (χ3n) is 6.34. The van der Waals surface area contributed by atoms with E-state index < -0.39 is 0 Å². The van der Waals surface area contributed by atoms with Gasteiger partial charge in [0.1, 0.15) is 17.3 Å². The van der Waals surface area contributed by atoms with E-state index in [2.05, 4.69) is 9.36 Å². The lowest BCUT2D eigenvalue weighted by atomic mass is 10.1. The van der Waals surface area contributed by atoms with Crippen molar-refractivity contribution in [2.45, 2.75) is 13.3 Å². The molecular formula is C28H27FN4O3S. The maximum Gasteiger partial charge on any atom is 0.298 e. The Labute approximate surface area is 219 Å². The van der Waals surface area contributed by atoms with Crippen LogP contribution >= 0.6 is 11.5 Å². The minimum atomic E-state index is -0.245. The number of nitrogens with zero attached hydrogens (tertiary/aromatic N) is 4. The molecule has 7 nitrogen and oxygen atoms in total. The first kappa shape index (κ1) is 24.7. The molecule has 1 fully saturated rings. The SMILES string of the molecule is COc1cccc(Cc2nsc(Oc3cc(C(=O)N4CCN(c5ccccc5F)CC4)ccc3C)n2)c1. The normalized spacial score (nSPS) is 13.5. The number of ether oxygens (including phenoxy) is 2. The van der Waals surface area contributed by atoms with E-state index in [9.17, 15) is 9.18 Å². The highest BCUT2D eigenvalue weighted by Crippen LogP contribution is 2.29. The van der Waals surface area contributed by atoms with Crippen LogP contribution in [0.25, 0.3) is 0 Å². The van der Waals surface area contributed by atoms with Crippen molar-refractivity contribution in [3.05, 3.63) is 95.1 Å². The molecule has 0 N–H and O–H groups in total. The van der Waals surface area contributed by atoms with Crippen molar-refractivity contribution in [3.63, 3.8) is 0 Å². The minimum Gasteiger partial charge on any atom is -0.497 e. The summed E-state index contributed by atoms with van der Waals surface area (Å²) in [6.07, 6.45) is 0.563. The maximum atomic E-state index is 14.1. The van der Waals surface area contributed by atoms with Crippen molar-refractivity contribution in [2.75, 3.05) is 38.2 Å². The topological polar surface area (TPSA) is 67.8 Å². The second-order valence-corrected chi connectivity index (χ2v) is 9.53. The summed E-state index contributed by atoms with van der Waals surface area (Å²) in [5.41, 5.74) is 3.05. The van der Waals surface area contributed by atoms with E-state index in [-0.39, 0.29) is 11.7 Å². The molecule has 1 aliphatic rings. The molecule has 190 valence electrons. The van der Waals surface area contributed by atoms with Crippen molar-refractivity contribution >= 4 is 23.1 Å². The molecule has 5 rings (SSSR count). The highest BCUT2D eigenvalue weighted by molar-refractivity contribution is 7.07. The zero-order chi connectivity index (χ0) is 25.8. The molecule has 37 heavy (non-hydrogen) atoms. The van der Waals surface area contributed by atoms with Crippen molar-refractivity contribution in [1.82, 2.24) is 14.3 Å². The molecular weight excluding hydrogens is 491 g/mol. The molecule has 1 saturated heterocycles. The van der Waals surface area contributed by atoms with Gasteiger partial charge in [-0.05, 0) is 54.4 Å². The van der Waals surface area contributed by atoms with Crippen LogP contribution in [0.5, 0.6) is 16.7 Å². The lowest BCUT2D eigenvalue weighted by Gasteiger charge is -2.36. The summed E-state index contributed by atoms with van der Waals surface area (Å²) in [5, 5.41) is 0.420. The van der Waals surface area contributed by atoms with Gasteiger partial charge in [-0.25, -0.2) is 4.39 Å². The number of para-hydroxylation sites is 1. The van der Waals surface area contributed by atoms with Crippen LogP contribution in [-0.2, 0) is 6.42 Å². The van der Waals surface area contributed by atoms with Gasteiger partial charge in [0.15, 0.2) is 5.82 Å². The number of piperazine rings is 1. The van der Waals surface area contributed by atoms with Gasteiger partial charge >= 0.3 is 0 Å². The monoisotopic (exact) mass is 518 g/mol. The summed E-state index contributed by atoms with van der Waals surface area (Å²) in [7, 11) is 1.64. The van der Waals surface area contributed by atoms with Gasteiger partial charge in [-0.3, -0.25) is 4.79 Å². The number of carbonyl (C=O) groups excluding carboxylic acids is 1. The lowest BCUT2D eigenvalue weighted by molar-refractivity contribution is 0.0746. The molecule has 4 aromatic rings. The summed E-state index contributed by atoms with van der Waals surface area (Å²) in [6, 6.07) is 19.9. The molecule has 9 heteroatoms. The second-order valence-electron chi connectivity index (χ2n) is 8.82. The molecule has 0 radical (unpaired) electrons. The largest absolute Gasteiger partial charge is 0.497 e. The number of anilines is 1. The first-order valence-electron chi connectivity index (χ1n) is 12.0. The van der Waals surface area contributed by atoms with Crippen LogP contribution in [0, 0.1) is 12.7 Å². The number of hydrogen-bond donors (Lipinski definition) is 0. The fourth-order valence-electron chi connectivity index (χ4n) is 4.29. The van der Waals surface area contributed by atoms with Crippen LogP contribution in [0.3, 0.4) is 0 Å². The molecule has 0 unspecified atom stereocenters. The van der Waals surface area contributed by atoms with Crippen molar-refractivity contribution in [3.8, 4) is 16.7 Å². The number of rotatable bonds is 7. The second kappa shape index (κ2) is 11.0. The molecule has 1 amide bonds. The Morgan fingerprint density at radius 1 is 1.03 bits per heavy atom. The van der Waals surface area contributed by atoms with Gasteiger partial charge < -0.3 is 19.3 Å². The standard InChI is InChI=1S/C28H27FN4O3S/c1-19-10-11-21(27(34)33-14-12-32(13-15-33)24-9-4-3-8-23(24)29)18-25(19)36-28-30-26(31-37-28)17-20-6-5-7-22(16-20)35-2/h3-11,16,18H,12-15,17H2,1-2H3. The number of hydrogen-bond acceptors (Lipinski definition) is 7. The number of benzene rings is 3. The Balaban J connectivity index is 1.23. The van der Waals surface area contributed by atoms with Crippen molar-refractivity contribution in [1.29, 1.82) is 0 Å². The van der Waals surface area contributed by atoms with Gasteiger partial charge in [0.2, 0.25) is 0 Å².